The van der Waals surface area contributed by atoms with E-state index in [-0.39, 0.29) is 11.3 Å². The van der Waals surface area contributed by atoms with E-state index < -0.39 is 6.10 Å². The standard InChI is InChI=1S/C20H23Cl2NO2/c1-5-18(19(24)23-17-12-14(21)8-11-16(17)22)25-15-9-6-13(7-10-15)20(2,3)4/h6-12,18H,5H2,1-4H3,(H,23,24)/t18-/m0/s1. The lowest BCUT2D eigenvalue weighted by molar-refractivity contribution is -0.122. The summed E-state index contributed by atoms with van der Waals surface area (Å²) in [4.78, 5) is 12.5. The van der Waals surface area contributed by atoms with Crippen molar-refractivity contribution in [3.8, 4) is 5.75 Å². The Morgan fingerprint density at radius 2 is 1.76 bits per heavy atom. The first-order valence-electron chi connectivity index (χ1n) is 8.24. The highest BCUT2D eigenvalue weighted by Gasteiger charge is 2.20. The fourth-order valence-corrected chi connectivity index (χ4v) is 2.66. The quantitative estimate of drug-likeness (QED) is 0.682. The molecular formula is C20H23Cl2NO2. The van der Waals surface area contributed by atoms with Gasteiger partial charge in [-0.15, -0.1) is 0 Å². The average molecular weight is 380 g/mol. The van der Waals surface area contributed by atoms with Crippen LogP contribution in [0.4, 0.5) is 5.69 Å². The van der Waals surface area contributed by atoms with Crippen LogP contribution in [0, 0.1) is 0 Å². The SMILES string of the molecule is CC[C@H](Oc1ccc(C(C)(C)C)cc1)C(=O)Nc1cc(Cl)ccc1Cl. The molecule has 134 valence electrons. The van der Waals surface area contributed by atoms with Gasteiger partial charge in [-0.25, -0.2) is 0 Å². The molecule has 5 heteroatoms. The van der Waals surface area contributed by atoms with Crippen molar-refractivity contribution >= 4 is 34.8 Å². The van der Waals surface area contributed by atoms with E-state index in [1.54, 1.807) is 18.2 Å². The van der Waals surface area contributed by atoms with Crippen LogP contribution in [0.15, 0.2) is 42.5 Å². The van der Waals surface area contributed by atoms with Crippen LogP contribution in [0.25, 0.3) is 0 Å². The molecule has 0 unspecified atom stereocenters. The summed E-state index contributed by atoms with van der Waals surface area (Å²) >= 11 is 12.0. The first-order valence-corrected chi connectivity index (χ1v) is 8.99. The molecule has 2 rings (SSSR count). The Balaban J connectivity index is 2.08. The Morgan fingerprint density at radius 3 is 2.32 bits per heavy atom. The second-order valence-electron chi connectivity index (χ2n) is 6.90. The van der Waals surface area contributed by atoms with Crippen LogP contribution in [0.3, 0.4) is 0 Å². The smallest absolute Gasteiger partial charge is 0.265 e. The fraction of sp³-hybridized carbons (Fsp3) is 0.350. The predicted molar refractivity (Wildman–Crippen MR) is 105 cm³/mol. The van der Waals surface area contributed by atoms with Crippen molar-refractivity contribution in [2.75, 3.05) is 5.32 Å². The van der Waals surface area contributed by atoms with Crippen LogP contribution >= 0.6 is 23.2 Å². The Morgan fingerprint density at radius 1 is 1.12 bits per heavy atom. The third kappa shape index (κ3) is 5.38. The van der Waals surface area contributed by atoms with E-state index in [1.165, 1.54) is 5.56 Å². The van der Waals surface area contributed by atoms with E-state index in [0.29, 0.717) is 27.9 Å². The number of amides is 1. The second-order valence-corrected chi connectivity index (χ2v) is 7.75. The Hall–Kier alpha value is -1.71. The van der Waals surface area contributed by atoms with Gasteiger partial charge in [-0.3, -0.25) is 4.79 Å². The summed E-state index contributed by atoms with van der Waals surface area (Å²) in [6, 6.07) is 12.8. The molecule has 0 heterocycles. The van der Waals surface area contributed by atoms with Gasteiger partial charge in [0, 0.05) is 5.02 Å². The van der Waals surface area contributed by atoms with Gasteiger partial charge in [0.1, 0.15) is 5.75 Å². The Kier molecular flexibility index (Phi) is 6.36. The molecule has 1 N–H and O–H groups in total. The van der Waals surface area contributed by atoms with Gasteiger partial charge < -0.3 is 10.1 Å². The molecule has 0 saturated carbocycles. The summed E-state index contributed by atoms with van der Waals surface area (Å²) in [5.41, 5.74) is 1.76. The lowest BCUT2D eigenvalue weighted by Crippen LogP contribution is -2.32. The Labute approximate surface area is 159 Å². The van der Waals surface area contributed by atoms with Gasteiger partial charge in [0.25, 0.3) is 5.91 Å². The first-order chi connectivity index (χ1) is 11.7. The highest BCUT2D eigenvalue weighted by Crippen LogP contribution is 2.27. The second kappa shape index (κ2) is 8.11. The van der Waals surface area contributed by atoms with Crippen LogP contribution in [0.2, 0.25) is 10.0 Å². The number of nitrogens with one attached hydrogen (secondary N) is 1. The van der Waals surface area contributed by atoms with Gasteiger partial charge >= 0.3 is 0 Å². The highest BCUT2D eigenvalue weighted by atomic mass is 35.5. The van der Waals surface area contributed by atoms with Gasteiger partial charge in [-0.1, -0.05) is 63.0 Å². The maximum Gasteiger partial charge on any atom is 0.265 e. The largest absolute Gasteiger partial charge is 0.481 e. The van der Waals surface area contributed by atoms with Crippen molar-refractivity contribution in [1.82, 2.24) is 0 Å². The van der Waals surface area contributed by atoms with Crippen molar-refractivity contribution in [3.63, 3.8) is 0 Å². The highest BCUT2D eigenvalue weighted by molar-refractivity contribution is 6.35. The van der Waals surface area contributed by atoms with Crippen molar-refractivity contribution in [2.45, 2.75) is 45.6 Å². The van der Waals surface area contributed by atoms with E-state index in [0.717, 1.165) is 0 Å². The summed E-state index contributed by atoms with van der Waals surface area (Å²) in [5, 5.41) is 3.72. The van der Waals surface area contributed by atoms with E-state index in [1.807, 2.05) is 31.2 Å². The molecule has 0 radical (unpaired) electrons. The lowest BCUT2D eigenvalue weighted by atomic mass is 9.87. The number of ether oxygens (including phenoxy) is 1. The number of rotatable bonds is 5. The third-order valence-corrected chi connectivity index (χ3v) is 4.41. The van der Waals surface area contributed by atoms with Crippen LogP contribution in [-0.2, 0) is 10.2 Å². The lowest BCUT2D eigenvalue weighted by Gasteiger charge is -2.21. The van der Waals surface area contributed by atoms with Gasteiger partial charge in [-0.05, 0) is 47.7 Å². The monoisotopic (exact) mass is 379 g/mol. The molecule has 1 atom stereocenters. The van der Waals surface area contributed by atoms with E-state index in [2.05, 4.69) is 26.1 Å². The normalized spacial score (nSPS) is 12.6. The molecule has 0 bridgehead atoms. The van der Waals surface area contributed by atoms with E-state index in [4.69, 9.17) is 27.9 Å². The summed E-state index contributed by atoms with van der Waals surface area (Å²) in [5.74, 6) is 0.402. The summed E-state index contributed by atoms with van der Waals surface area (Å²) < 4.78 is 5.85. The average Bonchev–Trinajstić information content (AvgIpc) is 2.55. The molecular weight excluding hydrogens is 357 g/mol. The van der Waals surface area contributed by atoms with Crippen LogP contribution in [-0.4, -0.2) is 12.0 Å². The minimum absolute atomic E-state index is 0.0728. The maximum atomic E-state index is 12.5. The zero-order valence-corrected chi connectivity index (χ0v) is 16.4. The van der Waals surface area contributed by atoms with Gasteiger partial charge in [0.05, 0.1) is 10.7 Å². The molecule has 0 spiro atoms. The zero-order chi connectivity index (χ0) is 18.6. The summed E-state index contributed by atoms with van der Waals surface area (Å²) in [6.45, 7) is 8.35. The van der Waals surface area contributed by atoms with Crippen LogP contribution in [0.1, 0.15) is 39.7 Å². The predicted octanol–water partition coefficient (Wildman–Crippen LogP) is 6.09. The number of hydrogen-bond donors (Lipinski definition) is 1. The maximum absolute atomic E-state index is 12.5. The number of halogens is 2. The van der Waals surface area contributed by atoms with E-state index in [9.17, 15) is 4.79 Å². The molecule has 1 amide bonds. The number of benzene rings is 2. The minimum atomic E-state index is -0.615. The molecule has 0 fully saturated rings. The van der Waals surface area contributed by atoms with Crippen LogP contribution in [0.5, 0.6) is 5.75 Å². The summed E-state index contributed by atoms with van der Waals surface area (Å²) in [6.07, 6.45) is -0.0825. The van der Waals surface area contributed by atoms with Crippen molar-refractivity contribution < 1.29 is 9.53 Å². The minimum Gasteiger partial charge on any atom is -0.481 e. The number of anilines is 1. The molecule has 3 nitrogen and oxygen atoms in total. The van der Waals surface area contributed by atoms with Crippen molar-refractivity contribution in [3.05, 3.63) is 58.1 Å². The van der Waals surface area contributed by atoms with Gasteiger partial charge in [0.2, 0.25) is 0 Å². The number of carbonyl (C=O) groups is 1. The molecule has 0 aliphatic carbocycles. The molecule has 0 aliphatic rings. The fourth-order valence-electron chi connectivity index (χ4n) is 2.33. The number of carbonyl (C=O) groups excluding carboxylic acids is 1. The molecule has 25 heavy (non-hydrogen) atoms. The Bertz CT molecular complexity index is 736. The van der Waals surface area contributed by atoms with E-state index >= 15 is 0 Å². The molecule has 0 saturated heterocycles. The molecule has 0 aliphatic heterocycles. The molecule has 2 aromatic rings. The van der Waals surface area contributed by atoms with Gasteiger partial charge in [0.15, 0.2) is 6.10 Å². The van der Waals surface area contributed by atoms with Crippen molar-refractivity contribution in [2.24, 2.45) is 0 Å². The molecule has 2 aromatic carbocycles. The third-order valence-electron chi connectivity index (χ3n) is 3.85. The topological polar surface area (TPSA) is 38.3 Å². The first kappa shape index (κ1) is 19.6. The van der Waals surface area contributed by atoms with Crippen LogP contribution < -0.4 is 10.1 Å². The van der Waals surface area contributed by atoms with Crippen molar-refractivity contribution in [1.29, 1.82) is 0 Å². The van der Waals surface area contributed by atoms with Gasteiger partial charge in [-0.2, -0.15) is 0 Å². The molecule has 0 aromatic heterocycles. The summed E-state index contributed by atoms with van der Waals surface area (Å²) in [7, 11) is 0. The number of hydrogen-bond acceptors (Lipinski definition) is 2. The zero-order valence-electron chi connectivity index (χ0n) is 14.9.